The quantitative estimate of drug-likeness (QED) is 0.564. The first kappa shape index (κ1) is 9.21. The van der Waals surface area contributed by atoms with Gasteiger partial charge >= 0.3 is 0 Å². The summed E-state index contributed by atoms with van der Waals surface area (Å²) in [7, 11) is 1.91. The molecule has 0 amide bonds. The molecule has 3 nitrogen and oxygen atoms in total. The predicted molar refractivity (Wildman–Crippen MR) is 57.8 cm³/mol. The standard InChI is InChI=1S/C9H17N3S/c1-10-9(13)12-6-5-11-4-2-3-8(11)7-12/h8H,2-7H2,1H3,(H,10,13). The molecule has 0 aromatic rings. The minimum Gasteiger partial charge on any atom is -0.366 e. The maximum absolute atomic E-state index is 5.23. The molecule has 0 aromatic heterocycles. The average molecular weight is 199 g/mol. The summed E-state index contributed by atoms with van der Waals surface area (Å²) in [6.45, 7) is 4.70. The van der Waals surface area contributed by atoms with Gasteiger partial charge in [-0.05, 0) is 31.6 Å². The van der Waals surface area contributed by atoms with E-state index in [9.17, 15) is 0 Å². The maximum Gasteiger partial charge on any atom is 0.168 e. The smallest absolute Gasteiger partial charge is 0.168 e. The van der Waals surface area contributed by atoms with Crippen molar-refractivity contribution >= 4 is 17.3 Å². The maximum atomic E-state index is 5.23. The van der Waals surface area contributed by atoms with Gasteiger partial charge in [-0.3, -0.25) is 4.90 Å². The van der Waals surface area contributed by atoms with Gasteiger partial charge in [0.05, 0.1) is 0 Å². The lowest BCUT2D eigenvalue weighted by Gasteiger charge is -2.38. The van der Waals surface area contributed by atoms with Gasteiger partial charge in [-0.15, -0.1) is 0 Å². The van der Waals surface area contributed by atoms with Crippen molar-refractivity contribution in [1.29, 1.82) is 0 Å². The minimum absolute atomic E-state index is 0.764. The lowest BCUT2D eigenvalue weighted by Crippen LogP contribution is -2.53. The van der Waals surface area contributed by atoms with E-state index in [1.807, 2.05) is 7.05 Å². The summed E-state index contributed by atoms with van der Waals surface area (Å²) < 4.78 is 0. The molecule has 1 atom stereocenters. The lowest BCUT2D eigenvalue weighted by molar-refractivity contribution is 0.151. The average Bonchev–Trinajstić information content (AvgIpc) is 2.63. The summed E-state index contributed by atoms with van der Waals surface area (Å²) in [5.74, 6) is 0. The minimum atomic E-state index is 0.764. The number of hydrogen-bond donors (Lipinski definition) is 1. The van der Waals surface area contributed by atoms with Gasteiger partial charge in [-0.2, -0.15) is 0 Å². The highest BCUT2D eigenvalue weighted by atomic mass is 32.1. The van der Waals surface area contributed by atoms with Gasteiger partial charge in [-0.25, -0.2) is 0 Å². The topological polar surface area (TPSA) is 18.5 Å². The summed E-state index contributed by atoms with van der Waals surface area (Å²) in [4.78, 5) is 4.89. The van der Waals surface area contributed by atoms with Crippen LogP contribution in [0.3, 0.4) is 0 Å². The third-order valence-electron chi connectivity index (χ3n) is 3.09. The Balaban J connectivity index is 1.93. The Morgan fingerprint density at radius 2 is 2.23 bits per heavy atom. The number of piperazine rings is 1. The van der Waals surface area contributed by atoms with Crippen molar-refractivity contribution in [1.82, 2.24) is 15.1 Å². The fourth-order valence-electron chi connectivity index (χ4n) is 2.33. The summed E-state index contributed by atoms with van der Waals surface area (Å²) >= 11 is 5.23. The summed E-state index contributed by atoms with van der Waals surface area (Å²) in [6, 6.07) is 0.764. The molecule has 2 saturated heterocycles. The number of nitrogens with one attached hydrogen (secondary N) is 1. The molecule has 2 heterocycles. The first-order valence-corrected chi connectivity index (χ1v) is 5.43. The highest BCUT2D eigenvalue weighted by molar-refractivity contribution is 7.80. The van der Waals surface area contributed by atoms with E-state index in [1.165, 1.54) is 25.9 Å². The Morgan fingerprint density at radius 1 is 1.38 bits per heavy atom. The number of thiocarbonyl (C=S) groups is 1. The van der Waals surface area contributed by atoms with Crippen molar-refractivity contribution in [2.45, 2.75) is 18.9 Å². The van der Waals surface area contributed by atoms with Crippen LogP contribution >= 0.6 is 12.2 Å². The van der Waals surface area contributed by atoms with Crippen molar-refractivity contribution in [2.75, 3.05) is 33.2 Å². The second-order valence-electron chi connectivity index (χ2n) is 3.83. The Hall–Kier alpha value is -0.350. The van der Waals surface area contributed by atoms with Gasteiger partial charge in [0, 0.05) is 32.7 Å². The number of fused-ring (bicyclic) bond motifs is 1. The van der Waals surface area contributed by atoms with Crippen LogP contribution in [0.4, 0.5) is 0 Å². The second kappa shape index (κ2) is 3.80. The molecule has 2 aliphatic heterocycles. The number of nitrogens with zero attached hydrogens (tertiary/aromatic N) is 2. The summed E-state index contributed by atoms with van der Waals surface area (Å²) in [6.07, 6.45) is 2.72. The van der Waals surface area contributed by atoms with Crippen molar-refractivity contribution in [3.63, 3.8) is 0 Å². The third kappa shape index (κ3) is 1.79. The number of rotatable bonds is 0. The molecule has 0 aliphatic carbocycles. The zero-order valence-electron chi connectivity index (χ0n) is 8.12. The third-order valence-corrected chi connectivity index (χ3v) is 3.55. The molecule has 2 aliphatic rings. The Morgan fingerprint density at radius 3 is 3.00 bits per heavy atom. The molecule has 1 unspecified atom stereocenters. The van der Waals surface area contributed by atoms with Crippen LogP contribution in [0.2, 0.25) is 0 Å². The Kier molecular flexibility index (Phi) is 2.69. The van der Waals surface area contributed by atoms with E-state index < -0.39 is 0 Å². The fourth-order valence-corrected chi connectivity index (χ4v) is 2.50. The summed E-state index contributed by atoms with van der Waals surface area (Å²) in [5, 5.41) is 3.96. The molecule has 0 bridgehead atoms. The van der Waals surface area contributed by atoms with Crippen LogP contribution in [0.5, 0.6) is 0 Å². The van der Waals surface area contributed by atoms with Crippen LogP contribution in [-0.4, -0.2) is 54.2 Å². The van der Waals surface area contributed by atoms with Crippen molar-refractivity contribution in [2.24, 2.45) is 0 Å². The van der Waals surface area contributed by atoms with Crippen LogP contribution in [0.15, 0.2) is 0 Å². The van der Waals surface area contributed by atoms with E-state index >= 15 is 0 Å². The fraction of sp³-hybridized carbons (Fsp3) is 0.889. The Labute approximate surface area is 85.1 Å². The van der Waals surface area contributed by atoms with Gasteiger partial charge in [0.2, 0.25) is 0 Å². The predicted octanol–water partition coefficient (Wildman–Crippen LogP) is 0.271. The van der Waals surface area contributed by atoms with Gasteiger partial charge in [0.1, 0.15) is 0 Å². The molecular weight excluding hydrogens is 182 g/mol. The van der Waals surface area contributed by atoms with Gasteiger partial charge in [0.25, 0.3) is 0 Å². The van der Waals surface area contributed by atoms with E-state index in [2.05, 4.69) is 15.1 Å². The zero-order valence-corrected chi connectivity index (χ0v) is 8.94. The largest absolute Gasteiger partial charge is 0.366 e. The molecule has 13 heavy (non-hydrogen) atoms. The van der Waals surface area contributed by atoms with Crippen molar-refractivity contribution in [3.8, 4) is 0 Å². The first-order valence-electron chi connectivity index (χ1n) is 5.02. The second-order valence-corrected chi connectivity index (χ2v) is 4.22. The number of hydrogen-bond acceptors (Lipinski definition) is 2. The molecule has 1 N–H and O–H groups in total. The molecule has 2 rings (SSSR count). The molecule has 0 aromatic carbocycles. The molecule has 4 heteroatoms. The lowest BCUT2D eigenvalue weighted by atomic mass is 10.2. The van der Waals surface area contributed by atoms with E-state index in [0.717, 1.165) is 24.2 Å². The van der Waals surface area contributed by atoms with E-state index in [0.29, 0.717) is 0 Å². The van der Waals surface area contributed by atoms with E-state index in [1.54, 1.807) is 0 Å². The normalized spacial score (nSPS) is 28.7. The van der Waals surface area contributed by atoms with Gasteiger partial charge in [0.15, 0.2) is 5.11 Å². The van der Waals surface area contributed by atoms with E-state index in [4.69, 9.17) is 12.2 Å². The monoisotopic (exact) mass is 199 g/mol. The van der Waals surface area contributed by atoms with Crippen LogP contribution < -0.4 is 5.32 Å². The van der Waals surface area contributed by atoms with Crippen molar-refractivity contribution in [3.05, 3.63) is 0 Å². The van der Waals surface area contributed by atoms with Gasteiger partial charge in [-0.1, -0.05) is 0 Å². The summed E-state index contributed by atoms with van der Waals surface area (Å²) in [5.41, 5.74) is 0. The van der Waals surface area contributed by atoms with Crippen LogP contribution in [0, 0.1) is 0 Å². The molecule has 0 saturated carbocycles. The molecule has 0 spiro atoms. The molecule has 2 fully saturated rings. The zero-order chi connectivity index (χ0) is 9.26. The molecule has 0 radical (unpaired) electrons. The van der Waals surface area contributed by atoms with Crippen LogP contribution in [0.1, 0.15) is 12.8 Å². The molecular formula is C9H17N3S. The Bertz CT molecular complexity index is 207. The first-order chi connectivity index (χ1) is 6.31. The van der Waals surface area contributed by atoms with Crippen LogP contribution in [0.25, 0.3) is 0 Å². The highest BCUT2D eigenvalue weighted by Crippen LogP contribution is 2.21. The van der Waals surface area contributed by atoms with E-state index in [-0.39, 0.29) is 0 Å². The van der Waals surface area contributed by atoms with Gasteiger partial charge < -0.3 is 10.2 Å². The highest BCUT2D eigenvalue weighted by Gasteiger charge is 2.30. The SMILES string of the molecule is CNC(=S)N1CCN2CCCC2C1. The van der Waals surface area contributed by atoms with Crippen LogP contribution in [-0.2, 0) is 0 Å². The van der Waals surface area contributed by atoms with Crippen molar-refractivity contribution < 1.29 is 0 Å². The molecule has 74 valence electrons.